The summed E-state index contributed by atoms with van der Waals surface area (Å²) in [4.78, 5) is 22.5. The first-order valence-corrected chi connectivity index (χ1v) is 6.98. The highest BCUT2D eigenvalue weighted by Crippen LogP contribution is 2.36. The number of ether oxygens (including phenoxy) is 1. The second kappa shape index (κ2) is 6.75. The van der Waals surface area contributed by atoms with Gasteiger partial charge >= 0.3 is 5.97 Å². The van der Waals surface area contributed by atoms with E-state index < -0.39 is 10.9 Å². The van der Waals surface area contributed by atoms with Gasteiger partial charge in [-0.1, -0.05) is 6.92 Å². The van der Waals surface area contributed by atoms with Crippen LogP contribution in [0.1, 0.15) is 23.7 Å². The fraction of sp³-hybridized carbons (Fsp3) is 0.364. The highest BCUT2D eigenvalue weighted by Gasteiger charge is 2.20. The third-order valence-electron chi connectivity index (χ3n) is 2.10. The van der Waals surface area contributed by atoms with Crippen molar-refractivity contribution in [2.24, 2.45) is 0 Å². The Bertz CT molecular complexity index is 478. The van der Waals surface area contributed by atoms with Crippen molar-refractivity contribution in [1.29, 1.82) is 0 Å². The van der Waals surface area contributed by atoms with E-state index in [0.29, 0.717) is 9.37 Å². The molecule has 0 aliphatic carbocycles. The number of hydrogen-bond donors (Lipinski definition) is 0. The van der Waals surface area contributed by atoms with Gasteiger partial charge in [0.15, 0.2) is 0 Å². The zero-order valence-electron chi connectivity index (χ0n) is 9.94. The minimum atomic E-state index is -0.580. The van der Waals surface area contributed by atoms with Crippen molar-refractivity contribution in [2.45, 2.75) is 18.2 Å². The topological polar surface area (TPSA) is 69.4 Å². The number of rotatable bonds is 5. The lowest BCUT2D eigenvalue weighted by Crippen LogP contribution is -2.03. The summed E-state index contributed by atoms with van der Waals surface area (Å²) in [7, 11) is 1.25. The monoisotopic (exact) mass is 333 g/mol. The average Bonchev–Trinajstić information content (AvgIpc) is 2.36. The Kier molecular flexibility index (Phi) is 5.61. The molecule has 0 bridgehead atoms. The van der Waals surface area contributed by atoms with E-state index in [1.54, 1.807) is 6.07 Å². The summed E-state index contributed by atoms with van der Waals surface area (Å²) < 4.78 is 4.99. The summed E-state index contributed by atoms with van der Waals surface area (Å²) in [6.07, 6.45) is 0.938. The van der Waals surface area contributed by atoms with Crippen molar-refractivity contribution in [1.82, 2.24) is 0 Å². The number of halogens is 1. The number of hydrogen-bond acceptors (Lipinski definition) is 5. The van der Waals surface area contributed by atoms with Crippen LogP contribution in [0.2, 0.25) is 0 Å². The fourth-order valence-corrected chi connectivity index (χ4v) is 2.85. The summed E-state index contributed by atoms with van der Waals surface area (Å²) in [6, 6.07) is 2.81. The van der Waals surface area contributed by atoms with Crippen LogP contribution in [0.25, 0.3) is 0 Å². The van der Waals surface area contributed by atoms with E-state index in [1.807, 2.05) is 6.92 Å². The summed E-state index contributed by atoms with van der Waals surface area (Å²) in [5, 5.41) is 10.9. The Balaban J connectivity index is 3.27. The van der Waals surface area contributed by atoms with Gasteiger partial charge in [0.05, 0.1) is 17.6 Å². The van der Waals surface area contributed by atoms with Crippen LogP contribution in [0.4, 0.5) is 5.69 Å². The largest absolute Gasteiger partial charge is 0.465 e. The van der Waals surface area contributed by atoms with Gasteiger partial charge in [-0.3, -0.25) is 10.1 Å². The molecular weight excluding hydrogens is 322 g/mol. The Morgan fingerprint density at radius 2 is 2.22 bits per heavy atom. The summed E-state index contributed by atoms with van der Waals surface area (Å²) in [5.74, 6) is 0.240. The van der Waals surface area contributed by atoms with Crippen LogP contribution in [0.3, 0.4) is 0 Å². The SMILES string of the molecule is CCCSc1cc(C(=O)OC)cc([N+](=O)[O-])c1Br. The molecule has 0 heterocycles. The molecule has 0 aliphatic heterocycles. The Morgan fingerprint density at radius 3 is 2.72 bits per heavy atom. The van der Waals surface area contributed by atoms with Crippen LogP contribution in [0.15, 0.2) is 21.5 Å². The Hall–Kier alpha value is -1.08. The second-order valence-electron chi connectivity index (χ2n) is 3.40. The molecule has 0 saturated heterocycles. The molecule has 1 rings (SSSR count). The molecule has 0 fully saturated rings. The molecule has 18 heavy (non-hydrogen) atoms. The van der Waals surface area contributed by atoms with Crippen LogP contribution in [-0.2, 0) is 4.74 Å². The molecule has 0 spiro atoms. The molecule has 98 valence electrons. The molecule has 0 amide bonds. The van der Waals surface area contributed by atoms with Crippen molar-refractivity contribution >= 4 is 39.3 Å². The van der Waals surface area contributed by atoms with Gasteiger partial charge in [-0.05, 0) is 34.2 Å². The van der Waals surface area contributed by atoms with E-state index in [9.17, 15) is 14.9 Å². The van der Waals surface area contributed by atoms with Crippen molar-refractivity contribution in [3.05, 3.63) is 32.3 Å². The fourth-order valence-electron chi connectivity index (χ4n) is 1.27. The third-order valence-corrected chi connectivity index (χ3v) is 4.44. The van der Waals surface area contributed by atoms with Crippen molar-refractivity contribution in [3.8, 4) is 0 Å². The first-order valence-electron chi connectivity index (χ1n) is 5.20. The smallest absolute Gasteiger partial charge is 0.338 e. The predicted molar refractivity (Wildman–Crippen MR) is 73.2 cm³/mol. The number of nitro benzene ring substituents is 1. The maximum Gasteiger partial charge on any atom is 0.338 e. The molecule has 0 aliphatic rings. The predicted octanol–water partition coefficient (Wildman–Crippen LogP) is 3.65. The summed E-state index contributed by atoms with van der Waals surface area (Å²) in [5.41, 5.74) is 0.0579. The second-order valence-corrected chi connectivity index (χ2v) is 5.33. The highest BCUT2D eigenvalue weighted by molar-refractivity contribution is 9.10. The van der Waals surface area contributed by atoms with Crippen LogP contribution in [0, 0.1) is 10.1 Å². The lowest BCUT2D eigenvalue weighted by molar-refractivity contribution is -0.385. The first-order chi connectivity index (χ1) is 8.51. The minimum Gasteiger partial charge on any atom is -0.465 e. The molecule has 0 aromatic heterocycles. The molecule has 5 nitrogen and oxygen atoms in total. The van der Waals surface area contributed by atoms with Gasteiger partial charge in [-0.2, -0.15) is 0 Å². The van der Waals surface area contributed by atoms with Crippen LogP contribution < -0.4 is 0 Å². The van der Waals surface area contributed by atoms with E-state index in [4.69, 9.17) is 0 Å². The molecule has 0 atom stereocenters. The molecule has 0 N–H and O–H groups in total. The third kappa shape index (κ3) is 3.46. The number of carbonyl (C=O) groups is 1. The zero-order valence-corrected chi connectivity index (χ0v) is 12.3. The molecular formula is C11H12BrNO4S. The number of methoxy groups -OCH3 is 1. The van der Waals surface area contributed by atoms with E-state index in [0.717, 1.165) is 12.2 Å². The van der Waals surface area contributed by atoms with Crippen LogP contribution >= 0.6 is 27.7 Å². The van der Waals surface area contributed by atoms with Gasteiger partial charge in [-0.25, -0.2) is 4.79 Å². The number of nitro groups is 1. The maximum absolute atomic E-state index is 11.5. The summed E-state index contributed by atoms with van der Waals surface area (Å²) in [6.45, 7) is 2.01. The van der Waals surface area contributed by atoms with Gasteiger partial charge in [0.25, 0.3) is 5.69 Å². The van der Waals surface area contributed by atoms with E-state index in [-0.39, 0.29) is 11.3 Å². The Labute approximate surface area is 117 Å². The normalized spacial score (nSPS) is 10.2. The molecule has 0 saturated carbocycles. The molecule has 7 heteroatoms. The first kappa shape index (κ1) is 15.0. The van der Waals surface area contributed by atoms with Gasteiger partial charge in [0.1, 0.15) is 4.47 Å². The molecule has 0 unspecified atom stereocenters. The lowest BCUT2D eigenvalue weighted by atomic mass is 10.2. The van der Waals surface area contributed by atoms with Gasteiger partial charge in [-0.15, -0.1) is 11.8 Å². The Morgan fingerprint density at radius 1 is 1.56 bits per heavy atom. The molecule has 1 aromatic carbocycles. The van der Waals surface area contributed by atoms with Crippen molar-refractivity contribution in [3.63, 3.8) is 0 Å². The molecule has 1 aromatic rings. The number of esters is 1. The van der Waals surface area contributed by atoms with Gasteiger partial charge < -0.3 is 4.74 Å². The van der Waals surface area contributed by atoms with E-state index >= 15 is 0 Å². The molecule has 0 radical (unpaired) electrons. The number of carbonyl (C=O) groups excluding carboxylic acids is 1. The van der Waals surface area contributed by atoms with Gasteiger partial charge in [0.2, 0.25) is 0 Å². The van der Waals surface area contributed by atoms with Crippen LogP contribution in [-0.4, -0.2) is 23.8 Å². The zero-order chi connectivity index (χ0) is 13.7. The average molecular weight is 334 g/mol. The van der Waals surface area contributed by atoms with Crippen molar-refractivity contribution < 1.29 is 14.5 Å². The van der Waals surface area contributed by atoms with Crippen LogP contribution in [0.5, 0.6) is 0 Å². The number of nitrogens with zero attached hydrogens (tertiary/aromatic N) is 1. The quantitative estimate of drug-likeness (QED) is 0.356. The van der Waals surface area contributed by atoms with E-state index in [1.165, 1.54) is 24.9 Å². The number of thioether (sulfide) groups is 1. The van der Waals surface area contributed by atoms with E-state index in [2.05, 4.69) is 20.7 Å². The number of benzene rings is 1. The minimum absolute atomic E-state index is 0.128. The standard InChI is InChI=1S/C11H12BrNO4S/c1-3-4-18-9-6-7(11(14)17-2)5-8(10(9)12)13(15)16/h5-6H,3-4H2,1-2H3. The van der Waals surface area contributed by atoms with Gasteiger partial charge in [0, 0.05) is 11.0 Å². The van der Waals surface area contributed by atoms with Crippen molar-refractivity contribution in [2.75, 3.05) is 12.9 Å². The lowest BCUT2D eigenvalue weighted by Gasteiger charge is -2.07. The summed E-state index contributed by atoms with van der Waals surface area (Å²) >= 11 is 4.66. The highest BCUT2D eigenvalue weighted by atomic mass is 79.9. The maximum atomic E-state index is 11.5.